The number of aromatic nitrogens is 3. The number of rotatable bonds is 3. The maximum absolute atomic E-state index is 9.14. The summed E-state index contributed by atoms with van der Waals surface area (Å²) in [5, 5.41) is 16.7. The zero-order valence-corrected chi connectivity index (χ0v) is 11.7. The predicted octanol–water partition coefficient (Wildman–Crippen LogP) is 3.23. The van der Waals surface area contributed by atoms with Gasteiger partial charge in [-0.3, -0.25) is 0 Å². The van der Waals surface area contributed by atoms with Gasteiger partial charge in [-0.15, -0.1) is 11.3 Å². The Labute approximate surface area is 124 Å². The Balaban J connectivity index is 1.97. The summed E-state index contributed by atoms with van der Waals surface area (Å²) in [7, 11) is 0. The van der Waals surface area contributed by atoms with Crippen LogP contribution >= 0.6 is 11.3 Å². The molecule has 5 nitrogen and oxygen atoms in total. The Morgan fingerprint density at radius 2 is 2.10 bits per heavy atom. The van der Waals surface area contributed by atoms with E-state index in [0.717, 1.165) is 22.4 Å². The first kappa shape index (κ1) is 12.3. The van der Waals surface area contributed by atoms with Crippen molar-refractivity contribution in [3.63, 3.8) is 0 Å². The van der Waals surface area contributed by atoms with Gasteiger partial charge in [-0.05, 0) is 18.2 Å². The minimum atomic E-state index is -0.120. The molecule has 0 radical (unpaired) electrons. The minimum absolute atomic E-state index is 0.120. The van der Waals surface area contributed by atoms with E-state index in [1.807, 2.05) is 40.4 Å². The van der Waals surface area contributed by atoms with Gasteiger partial charge in [0.25, 0.3) is 0 Å². The van der Waals surface area contributed by atoms with Crippen LogP contribution in [0.4, 0.5) is 0 Å². The lowest BCUT2D eigenvalue weighted by molar-refractivity contribution is 0.248. The Hall–Kier alpha value is -2.44. The average Bonchev–Trinajstić information content (AvgIpc) is 3.25. The van der Waals surface area contributed by atoms with Crippen LogP contribution in [0.25, 0.3) is 28.2 Å². The van der Waals surface area contributed by atoms with Crippen LogP contribution in [0.2, 0.25) is 0 Å². The van der Waals surface area contributed by atoms with Crippen LogP contribution in [-0.4, -0.2) is 19.9 Å². The number of thiazole rings is 1. The molecule has 0 atom stereocenters. The fraction of sp³-hybridized carbons (Fsp3) is 0.0667. The van der Waals surface area contributed by atoms with Gasteiger partial charge in [-0.25, -0.2) is 9.67 Å². The van der Waals surface area contributed by atoms with Crippen LogP contribution in [0.1, 0.15) is 5.76 Å². The Morgan fingerprint density at radius 1 is 1.19 bits per heavy atom. The molecular formula is C15H11N3O2S. The molecule has 0 aliphatic carbocycles. The molecular weight excluding hydrogens is 286 g/mol. The summed E-state index contributed by atoms with van der Waals surface area (Å²) in [6, 6.07) is 11.5. The summed E-state index contributed by atoms with van der Waals surface area (Å²) >= 11 is 1.53. The van der Waals surface area contributed by atoms with Gasteiger partial charge in [0, 0.05) is 10.8 Å². The van der Waals surface area contributed by atoms with E-state index in [9.17, 15) is 0 Å². The molecule has 0 aliphatic heterocycles. The van der Waals surface area contributed by atoms with Crippen molar-refractivity contribution in [2.45, 2.75) is 6.61 Å². The van der Waals surface area contributed by atoms with E-state index in [-0.39, 0.29) is 6.61 Å². The van der Waals surface area contributed by atoms with Crippen molar-refractivity contribution in [1.29, 1.82) is 0 Å². The maximum Gasteiger partial charge on any atom is 0.164 e. The number of fused-ring (bicyclic) bond motifs is 1. The van der Waals surface area contributed by atoms with E-state index < -0.39 is 0 Å². The molecule has 0 spiro atoms. The lowest BCUT2D eigenvalue weighted by atomic mass is 10.2. The number of aliphatic hydroxyl groups excluding tert-OH is 1. The van der Waals surface area contributed by atoms with Crippen molar-refractivity contribution in [3.05, 3.63) is 53.0 Å². The Bertz CT molecular complexity index is 893. The van der Waals surface area contributed by atoms with Crippen LogP contribution in [0.5, 0.6) is 0 Å². The fourth-order valence-electron chi connectivity index (χ4n) is 2.32. The molecule has 21 heavy (non-hydrogen) atoms. The third-order valence-electron chi connectivity index (χ3n) is 3.27. The number of hydrogen-bond acceptors (Lipinski definition) is 5. The summed E-state index contributed by atoms with van der Waals surface area (Å²) in [5.74, 6) is 1.96. The topological polar surface area (TPSA) is 64.1 Å². The SMILES string of the molecule is OCc1ccc(-c2nn(-c3cscn3)c3ccccc23)o1. The summed E-state index contributed by atoms with van der Waals surface area (Å²) < 4.78 is 7.42. The highest BCUT2D eigenvalue weighted by Gasteiger charge is 2.16. The molecule has 0 saturated carbocycles. The zero-order chi connectivity index (χ0) is 14.2. The van der Waals surface area contributed by atoms with Gasteiger partial charge in [-0.2, -0.15) is 5.10 Å². The maximum atomic E-state index is 9.14. The molecule has 0 amide bonds. The fourth-order valence-corrected chi connectivity index (χ4v) is 2.84. The van der Waals surface area contributed by atoms with Crippen LogP contribution < -0.4 is 0 Å². The van der Waals surface area contributed by atoms with Gasteiger partial charge in [0.2, 0.25) is 0 Å². The first-order valence-corrected chi connectivity index (χ1v) is 7.37. The summed E-state index contributed by atoms with van der Waals surface area (Å²) in [6.07, 6.45) is 0. The van der Waals surface area contributed by atoms with Crippen LogP contribution in [0.15, 0.2) is 51.7 Å². The largest absolute Gasteiger partial charge is 0.457 e. The van der Waals surface area contributed by atoms with Crippen molar-refractivity contribution in [3.8, 4) is 17.3 Å². The quantitative estimate of drug-likeness (QED) is 0.630. The summed E-state index contributed by atoms with van der Waals surface area (Å²) in [4.78, 5) is 4.31. The van der Waals surface area contributed by atoms with Gasteiger partial charge in [0.1, 0.15) is 18.1 Å². The standard InChI is InChI=1S/C15H11N3O2S/c19-7-10-5-6-13(20-10)15-11-3-1-2-4-12(11)18(17-15)14-8-21-9-16-14/h1-6,8-9,19H,7H2. The Kier molecular flexibility index (Phi) is 2.83. The van der Waals surface area contributed by atoms with Crippen molar-refractivity contribution >= 4 is 22.2 Å². The van der Waals surface area contributed by atoms with Gasteiger partial charge < -0.3 is 9.52 Å². The molecule has 0 fully saturated rings. The molecule has 4 aromatic rings. The number of furan rings is 1. The number of aliphatic hydroxyl groups is 1. The molecule has 0 unspecified atom stereocenters. The Morgan fingerprint density at radius 3 is 2.86 bits per heavy atom. The molecule has 104 valence electrons. The molecule has 4 rings (SSSR count). The highest BCUT2D eigenvalue weighted by atomic mass is 32.1. The van der Waals surface area contributed by atoms with E-state index in [0.29, 0.717) is 11.5 Å². The monoisotopic (exact) mass is 297 g/mol. The zero-order valence-electron chi connectivity index (χ0n) is 10.9. The second kappa shape index (κ2) is 4.83. The van der Waals surface area contributed by atoms with Crippen molar-refractivity contribution in [2.75, 3.05) is 0 Å². The first-order chi connectivity index (χ1) is 10.4. The normalized spacial score (nSPS) is 11.3. The van der Waals surface area contributed by atoms with Gasteiger partial charge >= 0.3 is 0 Å². The van der Waals surface area contributed by atoms with E-state index >= 15 is 0 Å². The van der Waals surface area contributed by atoms with E-state index in [1.165, 1.54) is 11.3 Å². The molecule has 1 N–H and O–H groups in total. The number of hydrogen-bond donors (Lipinski definition) is 1. The number of nitrogens with zero attached hydrogens (tertiary/aromatic N) is 3. The lowest BCUT2D eigenvalue weighted by Gasteiger charge is -1.96. The second-order valence-electron chi connectivity index (χ2n) is 4.55. The first-order valence-electron chi connectivity index (χ1n) is 6.43. The number of para-hydroxylation sites is 1. The average molecular weight is 297 g/mol. The van der Waals surface area contributed by atoms with Crippen molar-refractivity contribution in [2.24, 2.45) is 0 Å². The smallest absolute Gasteiger partial charge is 0.164 e. The van der Waals surface area contributed by atoms with Crippen LogP contribution in [-0.2, 0) is 6.61 Å². The molecule has 1 aromatic carbocycles. The molecule has 0 aliphatic rings. The summed E-state index contributed by atoms with van der Waals surface area (Å²) in [5.41, 5.74) is 3.50. The van der Waals surface area contributed by atoms with Gasteiger partial charge in [0.15, 0.2) is 11.6 Å². The van der Waals surface area contributed by atoms with E-state index in [2.05, 4.69) is 10.1 Å². The third-order valence-corrected chi connectivity index (χ3v) is 3.85. The van der Waals surface area contributed by atoms with Gasteiger partial charge in [0.05, 0.1) is 11.0 Å². The molecule has 0 bridgehead atoms. The second-order valence-corrected chi connectivity index (χ2v) is 5.27. The van der Waals surface area contributed by atoms with Crippen molar-refractivity contribution in [1.82, 2.24) is 14.8 Å². The number of benzene rings is 1. The highest BCUT2D eigenvalue weighted by molar-refractivity contribution is 7.07. The molecule has 0 saturated heterocycles. The van der Waals surface area contributed by atoms with E-state index in [4.69, 9.17) is 9.52 Å². The molecule has 3 heterocycles. The summed E-state index contributed by atoms with van der Waals surface area (Å²) in [6.45, 7) is -0.120. The van der Waals surface area contributed by atoms with Crippen molar-refractivity contribution < 1.29 is 9.52 Å². The molecule has 3 aromatic heterocycles. The lowest BCUT2D eigenvalue weighted by Crippen LogP contribution is -1.96. The third kappa shape index (κ3) is 1.96. The van der Waals surface area contributed by atoms with Gasteiger partial charge in [-0.1, -0.05) is 18.2 Å². The highest BCUT2D eigenvalue weighted by Crippen LogP contribution is 2.30. The minimum Gasteiger partial charge on any atom is -0.457 e. The molecule has 6 heteroatoms. The van der Waals surface area contributed by atoms with E-state index in [1.54, 1.807) is 11.6 Å². The van der Waals surface area contributed by atoms with Crippen LogP contribution in [0.3, 0.4) is 0 Å². The predicted molar refractivity (Wildman–Crippen MR) is 80.4 cm³/mol. The van der Waals surface area contributed by atoms with Crippen LogP contribution in [0, 0.1) is 0 Å².